The summed E-state index contributed by atoms with van der Waals surface area (Å²) in [5.41, 5.74) is 0.941. The third-order valence-electron chi connectivity index (χ3n) is 3.70. The largest absolute Gasteiger partial charge is 0.466 e. The van der Waals surface area contributed by atoms with Crippen LogP contribution in [0.2, 0.25) is 0 Å². The Morgan fingerprint density at radius 3 is 1.88 bits per heavy atom. The molecule has 1 aliphatic heterocycles. The summed E-state index contributed by atoms with van der Waals surface area (Å²) in [5.74, 6) is -0.809. The van der Waals surface area contributed by atoms with Gasteiger partial charge in [0.2, 0.25) is 0 Å². The molecule has 1 saturated carbocycles. The normalized spacial score (nSPS) is 38.4. The molecule has 0 unspecified atom stereocenters. The van der Waals surface area contributed by atoms with Crippen LogP contribution in [0.1, 0.15) is 6.42 Å². The fourth-order valence-electron chi connectivity index (χ4n) is 3.03. The van der Waals surface area contributed by atoms with Crippen molar-refractivity contribution in [3.63, 3.8) is 0 Å². The van der Waals surface area contributed by atoms with E-state index < -0.39 is 11.9 Å². The molecular weight excluding hydrogens is 212 g/mol. The summed E-state index contributed by atoms with van der Waals surface area (Å²) in [4.78, 5) is 23.3. The summed E-state index contributed by atoms with van der Waals surface area (Å²) in [6.45, 7) is 0. The predicted octanol–water partition coefficient (Wildman–Crippen LogP) is 0.0461. The van der Waals surface area contributed by atoms with Crippen LogP contribution in [0, 0.1) is 11.8 Å². The van der Waals surface area contributed by atoms with E-state index in [4.69, 9.17) is 14.2 Å². The molecule has 0 aromatic carbocycles. The highest BCUT2D eigenvalue weighted by atomic mass is 16.6. The van der Waals surface area contributed by atoms with Crippen LogP contribution < -0.4 is 0 Å². The number of fused-ring (bicyclic) bond motifs is 5. The fraction of sp³-hybridized carbons (Fsp3) is 0.636. The van der Waals surface area contributed by atoms with E-state index in [1.807, 2.05) is 0 Å². The molecule has 0 aromatic heterocycles. The Labute approximate surface area is 92.3 Å². The van der Waals surface area contributed by atoms with Crippen LogP contribution in [0.15, 0.2) is 11.1 Å². The smallest absolute Gasteiger partial charge is 0.334 e. The van der Waals surface area contributed by atoms with E-state index in [2.05, 4.69) is 0 Å². The Morgan fingerprint density at radius 2 is 1.50 bits per heavy atom. The number of hydrogen-bond acceptors (Lipinski definition) is 5. The molecule has 2 fully saturated rings. The summed E-state index contributed by atoms with van der Waals surface area (Å²) >= 11 is 0. The maximum atomic E-state index is 11.7. The van der Waals surface area contributed by atoms with Gasteiger partial charge in [-0.05, 0) is 6.42 Å². The molecule has 4 atom stereocenters. The third kappa shape index (κ3) is 1.04. The zero-order valence-electron chi connectivity index (χ0n) is 9.06. The number of rotatable bonds is 2. The van der Waals surface area contributed by atoms with Crippen LogP contribution in [-0.4, -0.2) is 38.4 Å². The highest BCUT2D eigenvalue weighted by molar-refractivity contribution is 6.03. The minimum Gasteiger partial charge on any atom is -0.466 e. The maximum absolute atomic E-state index is 11.7. The molecule has 0 N–H and O–H groups in total. The summed E-state index contributed by atoms with van der Waals surface area (Å²) in [5, 5.41) is 0. The molecule has 5 nitrogen and oxygen atoms in total. The van der Waals surface area contributed by atoms with Gasteiger partial charge in [-0.3, -0.25) is 0 Å². The molecule has 1 saturated heterocycles. The molecule has 0 radical (unpaired) electrons. The first-order valence-corrected chi connectivity index (χ1v) is 5.25. The monoisotopic (exact) mass is 224 g/mol. The highest BCUT2D eigenvalue weighted by Gasteiger charge is 2.65. The van der Waals surface area contributed by atoms with Gasteiger partial charge in [0.15, 0.2) is 0 Å². The number of esters is 2. The van der Waals surface area contributed by atoms with Crippen molar-refractivity contribution in [3.05, 3.63) is 11.1 Å². The van der Waals surface area contributed by atoms with Crippen molar-refractivity contribution < 1.29 is 23.8 Å². The van der Waals surface area contributed by atoms with Gasteiger partial charge in [0.05, 0.1) is 37.6 Å². The highest BCUT2D eigenvalue weighted by Crippen LogP contribution is 2.59. The van der Waals surface area contributed by atoms with Gasteiger partial charge in [0.25, 0.3) is 0 Å². The van der Waals surface area contributed by atoms with Crippen molar-refractivity contribution in [1.82, 2.24) is 0 Å². The quantitative estimate of drug-likeness (QED) is 0.489. The molecular formula is C11H12O5. The van der Waals surface area contributed by atoms with E-state index in [9.17, 15) is 9.59 Å². The number of ether oxygens (including phenoxy) is 3. The second-order valence-electron chi connectivity index (χ2n) is 4.32. The SMILES string of the molecule is COC(=O)C1=C(C(=O)OC)[C@H]2C[C@H]1[C@@H]1O[C@H]12. The zero-order chi connectivity index (χ0) is 11.4. The minimum atomic E-state index is -0.429. The molecule has 2 aliphatic carbocycles. The van der Waals surface area contributed by atoms with E-state index in [0.29, 0.717) is 11.1 Å². The van der Waals surface area contributed by atoms with Gasteiger partial charge in [-0.2, -0.15) is 0 Å². The molecule has 1 heterocycles. The number of epoxide rings is 1. The molecule has 3 rings (SSSR count). The van der Waals surface area contributed by atoms with Gasteiger partial charge < -0.3 is 14.2 Å². The minimum absolute atomic E-state index is 0.0246. The summed E-state index contributed by atoms with van der Waals surface area (Å²) < 4.78 is 14.9. The lowest BCUT2D eigenvalue weighted by molar-refractivity contribution is -0.139. The second kappa shape index (κ2) is 3.07. The fourth-order valence-corrected chi connectivity index (χ4v) is 3.03. The van der Waals surface area contributed by atoms with Crippen molar-refractivity contribution in [3.8, 4) is 0 Å². The average molecular weight is 224 g/mol. The van der Waals surface area contributed by atoms with Gasteiger partial charge in [-0.1, -0.05) is 0 Å². The van der Waals surface area contributed by atoms with Crippen LogP contribution >= 0.6 is 0 Å². The van der Waals surface area contributed by atoms with Gasteiger partial charge in [-0.25, -0.2) is 9.59 Å². The topological polar surface area (TPSA) is 65.1 Å². The van der Waals surface area contributed by atoms with Gasteiger partial charge in [0.1, 0.15) is 0 Å². The molecule has 16 heavy (non-hydrogen) atoms. The van der Waals surface area contributed by atoms with Crippen molar-refractivity contribution in [2.75, 3.05) is 14.2 Å². The van der Waals surface area contributed by atoms with Crippen LogP contribution in [0.5, 0.6) is 0 Å². The average Bonchev–Trinajstić information content (AvgIpc) is 2.93. The molecule has 3 aliphatic rings. The van der Waals surface area contributed by atoms with Crippen molar-refractivity contribution >= 4 is 11.9 Å². The summed E-state index contributed by atoms with van der Waals surface area (Å²) in [6.07, 6.45) is 1.05. The van der Waals surface area contributed by atoms with Crippen LogP contribution in [-0.2, 0) is 23.8 Å². The lowest BCUT2D eigenvalue weighted by atomic mass is 9.92. The van der Waals surface area contributed by atoms with Crippen molar-refractivity contribution in [2.45, 2.75) is 18.6 Å². The first-order chi connectivity index (χ1) is 7.69. The van der Waals surface area contributed by atoms with Gasteiger partial charge in [-0.15, -0.1) is 0 Å². The number of hydrogen-bond donors (Lipinski definition) is 0. The van der Waals surface area contributed by atoms with Crippen molar-refractivity contribution in [2.24, 2.45) is 11.8 Å². The van der Waals surface area contributed by atoms with Crippen LogP contribution in [0.3, 0.4) is 0 Å². The maximum Gasteiger partial charge on any atom is 0.334 e. The Hall–Kier alpha value is -1.36. The Morgan fingerprint density at radius 1 is 1.06 bits per heavy atom. The summed E-state index contributed by atoms with van der Waals surface area (Å²) in [6, 6.07) is 0. The van der Waals surface area contributed by atoms with Crippen molar-refractivity contribution in [1.29, 1.82) is 0 Å². The lowest BCUT2D eigenvalue weighted by Gasteiger charge is -2.13. The number of methoxy groups -OCH3 is 2. The number of carbonyl (C=O) groups is 2. The van der Waals surface area contributed by atoms with E-state index in [1.54, 1.807) is 0 Å². The molecule has 0 spiro atoms. The third-order valence-corrected chi connectivity index (χ3v) is 3.70. The van der Waals surface area contributed by atoms with E-state index in [0.717, 1.165) is 6.42 Å². The Bertz CT molecular complexity index is 375. The molecule has 5 heteroatoms. The Balaban J connectivity index is 2.03. The van der Waals surface area contributed by atoms with Crippen LogP contribution in [0.4, 0.5) is 0 Å². The lowest BCUT2D eigenvalue weighted by Crippen LogP contribution is -2.23. The van der Waals surface area contributed by atoms with Gasteiger partial charge in [0, 0.05) is 11.8 Å². The number of carbonyl (C=O) groups excluding carboxylic acids is 2. The standard InChI is InChI=1S/C11H12O5/c1-14-10(12)6-4-3-5(9-8(4)16-9)7(6)11(13)15-2/h4-5,8-9H,3H2,1-2H3/t4-,5-,8+,9+/m1/s1. The second-order valence-corrected chi connectivity index (χ2v) is 4.32. The Kier molecular flexibility index (Phi) is 1.89. The first-order valence-electron chi connectivity index (χ1n) is 5.25. The molecule has 2 bridgehead atoms. The van der Waals surface area contributed by atoms with E-state index in [-0.39, 0.29) is 24.0 Å². The van der Waals surface area contributed by atoms with Crippen LogP contribution in [0.25, 0.3) is 0 Å². The molecule has 0 aromatic rings. The summed E-state index contributed by atoms with van der Waals surface area (Å²) in [7, 11) is 2.64. The predicted molar refractivity (Wildman–Crippen MR) is 51.3 cm³/mol. The van der Waals surface area contributed by atoms with E-state index >= 15 is 0 Å². The first kappa shape index (κ1) is 9.84. The van der Waals surface area contributed by atoms with E-state index in [1.165, 1.54) is 14.2 Å². The zero-order valence-corrected chi connectivity index (χ0v) is 9.06. The van der Waals surface area contributed by atoms with Gasteiger partial charge >= 0.3 is 11.9 Å². The molecule has 0 amide bonds. The molecule has 86 valence electrons.